The third-order valence-electron chi connectivity index (χ3n) is 6.76. The Bertz CT molecular complexity index is 1610. The van der Waals surface area contributed by atoms with Crippen LogP contribution in [0.25, 0.3) is 6.08 Å². The zero-order chi connectivity index (χ0) is 30.5. The Morgan fingerprint density at radius 2 is 1.93 bits per heavy atom. The van der Waals surface area contributed by atoms with E-state index in [2.05, 4.69) is 22.6 Å². The molecule has 0 aliphatic carbocycles. The largest absolute Gasteiger partial charge is 0.493 e. The molecule has 0 unspecified atom stereocenters. The van der Waals surface area contributed by atoms with E-state index in [0.717, 1.165) is 14.7 Å². The number of amides is 2. The lowest BCUT2D eigenvalue weighted by atomic mass is 10.1. The highest BCUT2D eigenvalue weighted by molar-refractivity contribution is 14.1. The molecule has 0 radical (unpaired) electrons. The molecule has 0 aromatic heterocycles. The summed E-state index contributed by atoms with van der Waals surface area (Å²) in [6.45, 7) is 4.79. The van der Waals surface area contributed by atoms with E-state index in [0.29, 0.717) is 75.7 Å². The van der Waals surface area contributed by atoms with Crippen LogP contribution in [0, 0.1) is 3.57 Å². The van der Waals surface area contributed by atoms with E-state index in [1.807, 2.05) is 37.3 Å². The maximum absolute atomic E-state index is 13.3. The maximum Gasteiger partial charge on any atom is 0.266 e. The minimum Gasteiger partial charge on any atom is -0.493 e. The van der Waals surface area contributed by atoms with Crippen LogP contribution in [0.15, 0.2) is 64.5 Å². The lowest BCUT2D eigenvalue weighted by molar-refractivity contribution is -0.122. The maximum atomic E-state index is 13.3. The number of morpholine rings is 1. The van der Waals surface area contributed by atoms with Crippen molar-refractivity contribution in [2.75, 3.05) is 40.0 Å². The Balaban J connectivity index is 1.36. The Hall–Kier alpha value is -2.77. The molecule has 5 rings (SSSR count). The number of carbonyl (C=O) groups is 2. The molecule has 0 saturated carbocycles. The molecule has 3 aromatic rings. The van der Waals surface area contributed by atoms with Crippen LogP contribution in [0.3, 0.4) is 0 Å². The van der Waals surface area contributed by atoms with Crippen molar-refractivity contribution in [2.45, 2.75) is 13.5 Å². The number of likely N-dealkylation sites (N-methyl/N-ethyl adjacent to an activating group) is 1. The van der Waals surface area contributed by atoms with E-state index >= 15 is 0 Å². The molecule has 8 nitrogen and oxygen atoms in total. The number of ether oxygens (including phenoxy) is 3. The van der Waals surface area contributed by atoms with Crippen molar-refractivity contribution in [3.05, 3.63) is 89.8 Å². The number of hydrogen-bond donors (Lipinski definition) is 0. The van der Waals surface area contributed by atoms with Gasteiger partial charge in [0.05, 0.1) is 34.5 Å². The van der Waals surface area contributed by atoms with Crippen LogP contribution in [0.5, 0.6) is 11.5 Å². The van der Waals surface area contributed by atoms with E-state index in [4.69, 9.17) is 42.4 Å². The summed E-state index contributed by atoms with van der Waals surface area (Å²) in [5, 5.41) is 1.63. The SMILES string of the molecule is CCN1C(=O)/C(=C\c2cc(I)c(OCc3ccc(Cl)cc3Cl)c(OC)c2)SC1=Nc1cccc(C(=O)N2CCOCC2)c1. The second kappa shape index (κ2) is 14.3. The summed E-state index contributed by atoms with van der Waals surface area (Å²) in [6, 6.07) is 16.2. The predicted octanol–water partition coefficient (Wildman–Crippen LogP) is 7.28. The van der Waals surface area contributed by atoms with Gasteiger partial charge in [-0.15, -0.1) is 0 Å². The first-order valence-corrected chi connectivity index (χ1v) is 16.1. The summed E-state index contributed by atoms with van der Waals surface area (Å²) in [5.74, 6) is 0.909. The number of hydrogen-bond acceptors (Lipinski definition) is 7. The lowest BCUT2D eigenvalue weighted by Crippen LogP contribution is -2.40. The second-order valence-corrected chi connectivity index (χ2v) is 12.6. The average Bonchev–Trinajstić information content (AvgIpc) is 3.30. The highest BCUT2D eigenvalue weighted by Crippen LogP contribution is 2.38. The van der Waals surface area contributed by atoms with Gasteiger partial charge in [-0.25, -0.2) is 4.99 Å². The zero-order valence-electron chi connectivity index (χ0n) is 23.4. The predicted molar refractivity (Wildman–Crippen MR) is 180 cm³/mol. The van der Waals surface area contributed by atoms with Crippen molar-refractivity contribution in [1.29, 1.82) is 0 Å². The van der Waals surface area contributed by atoms with Crippen molar-refractivity contribution in [3.8, 4) is 11.5 Å². The molecular weight excluding hydrogens is 724 g/mol. The van der Waals surface area contributed by atoms with Gasteiger partial charge in [0.25, 0.3) is 11.8 Å². The van der Waals surface area contributed by atoms with Gasteiger partial charge in [0.1, 0.15) is 6.61 Å². The Morgan fingerprint density at radius 3 is 2.65 bits per heavy atom. The smallest absolute Gasteiger partial charge is 0.266 e. The zero-order valence-corrected chi connectivity index (χ0v) is 27.9. The van der Waals surface area contributed by atoms with Gasteiger partial charge >= 0.3 is 0 Å². The highest BCUT2D eigenvalue weighted by atomic mass is 127. The quantitative estimate of drug-likeness (QED) is 0.178. The Labute approximate surface area is 278 Å². The van der Waals surface area contributed by atoms with Gasteiger partial charge < -0.3 is 19.1 Å². The van der Waals surface area contributed by atoms with Crippen molar-refractivity contribution in [2.24, 2.45) is 4.99 Å². The molecule has 0 N–H and O–H groups in total. The van der Waals surface area contributed by atoms with E-state index < -0.39 is 0 Å². The first-order chi connectivity index (χ1) is 20.8. The van der Waals surface area contributed by atoms with E-state index in [-0.39, 0.29) is 18.4 Å². The molecule has 0 bridgehead atoms. The van der Waals surface area contributed by atoms with Gasteiger partial charge in [-0.3, -0.25) is 14.5 Å². The van der Waals surface area contributed by atoms with Crippen LogP contribution in [0.2, 0.25) is 10.0 Å². The van der Waals surface area contributed by atoms with Gasteiger partial charge in [0, 0.05) is 40.8 Å². The number of aliphatic imine (C=N–C) groups is 1. The molecule has 43 heavy (non-hydrogen) atoms. The van der Waals surface area contributed by atoms with Gasteiger partial charge in [0.15, 0.2) is 16.7 Å². The number of nitrogens with zero attached hydrogens (tertiary/aromatic N) is 3. The molecule has 2 aliphatic rings. The average molecular weight is 752 g/mol. The number of carbonyl (C=O) groups excluding carboxylic acids is 2. The summed E-state index contributed by atoms with van der Waals surface area (Å²) in [4.78, 5) is 35.0. The molecule has 2 heterocycles. The summed E-state index contributed by atoms with van der Waals surface area (Å²) in [7, 11) is 1.57. The van der Waals surface area contributed by atoms with Crippen molar-refractivity contribution < 1.29 is 23.8 Å². The van der Waals surface area contributed by atoms with Crippen molar-refractivity contribution in [1.82, 2.24) is 9.80 Å². The molecule has 2 amide bonds. The normalized spacial score (nSPS) is 17.2. The molecule has 0 spiro atoms. The van der Waals surface area contributed by atoms with E-state index in [9.17, 15) is 9.59 Å². The number of amidine groups is 1. The minimum absolute atomic E-state index is 0.0549. The molecule has 224 valence electrons. The molecule has 12 heteroatoms. The molecule has 3 aromatic carbocycles. The Kier molecular flexibility index (Phi) is 10.6. The minimum atomic E-state index is -0.140. The van der Waals surface area contributed by atoms with E-state index in [1.165, 1.54) is 11.8 Å². The fraction of sp³-hybridized carbons (Fsp3) is 0.258. The van der Waals surface area contributed by atoms with Crippen LogP contribution in [0.4, 0.5) is 5.69 Å². The molecule has 2 aliphatic heterocycles. The topological polar surface area (TPSA) is 80.7 Å². The van der Waals surface area contributed by atoms with Crippen molar-refractivity contribution >= 4 is 86.3 Å². The third kappa shape index (κ3) is 7.49. The van der Waals surface area contributed by atoms with Crippen LogP contribution in [-0.4, -0.2) is 66.7 Å². The van der Waals surface area contributed by atoms with Crippen LogP contribution in [-0.2, 0) is 16.1 Å². The fourth-order valence-corrected chi connectivity index (χ4v) is 6.85. The van der Waals surface area contributed by atoms with Gasteiger partial charge in [0.2, 0.25) is 0 Å². The number of thioether (sulfide) groups is 1. The fourth-order valence-electron chi connectivity index (χ4n) is 4.54. The lowest BCUT2D eigenvalue weighted by Gasteiger charge is -2.26. The number of methoxy groups -OCH3 is 1. The van der Waals surface area contributed by atoms with Crippen LogP contribution in [0.1, 0.15) is 28.4 Å². The van der Waals surface area contributed by atoms with E-state index in [1.54, 1.807) is 47.2 Å². The van der Waals surface area contributed by atoms with Gasteiger partial charge in [-0.2, -0.15) is 0 Å². The van der Waals surface area contributed by atoms with Crippen molar-refractivity contribution in [3.63, 3.8) is 0 Å². The number of rotatable bonds is 8. The highest BCUT2D eigenvalue weighted by Gasteiger charge is 2.32. The molecule has 2 saturated heterocycles. The number of halogens is 3. The first kappa shape index (κ1) is 31.6. The summed E-state index contributed by atoms with van der Waals surface area (Å²) >= 11 is 15.8. The summed E-state index contributed by atoms with van der Waals surface area (Å²) in [6.07, 6.45) is 1.82. The summed E-state index contributed by atoms with van der Waals surface area (Å²) < 4.78 is 17.9. The van der Waals surface area contributed by atoms with Gasteiger partial charge in [-0.1, -0.05) is 35.3 Å². The van der Waals surface area contributed by atoms with Gasteiger partial charge in [-0.05, 0) is 95.4 Å². The first-order valence-electron chi connectivity index (χ1n) is 13.5. The van der Waals surface area contributed by atoms with Crippen LogP contribution >= 0.6 is 57.6 Å². The Morgan fingerprint density at radius 1 is 1.14 bits per heavy atom. The van der Waals surface area contributed by atoms with Crippen LogP contribution < -0.4 is 9.47 Å². The molecule has 2 fully saturated rings. The monoisotopic (exact) mass is 751 g/mol. The second-order valence-electron chi connectivity index (χ2n) is 9.57. The molecular formula is C31H28Cl2IN3O5S. The standard InChI is InChI=1S/C31H28Cl2IN3O5S/c1-3-37-30(39)27(43-31(37)35-23-6-4-5-20(16-23)29(38)36-9-11-41-12-10-36)15-19-13-25(34)28(26(14-19)40-2)42-18-21-7-8-22(32)17-24(21)33/h4-8,13-17H,3,9-12,18H2,1-2H3/b27-15+,35-31?. The number of benzene rings is 3. The third-order valence-corrected chi connectivity index (χ3v) is 9.15. The summed E-state index contributed by atoms with van der Waals surface area (Å²) in [5.41, 5.74) is 2.74. The molecule has 0 atom stereocenters.